The number of imidazole rings is 1. The summed E-state index contributed by atoms with van der Waals surface area (Å²) in [6.45, 7) is 1.96. The Hall–Kier alpha value is -1.69. The zero-order valence-corrected chi connectivity index (χ0v) is 20.8. The van der Waals surface area contributed by atoms with E-state index in [0.29, 0.717) is 28.3 Å². The molecule has 29 heavy (non-hydrogen) atoms. The van der Waals surface area contributed by atoms with Gasteiger partial charge in [0.15, 0.2) is 5.13 Å². The first kappa shape index (κ1) is 22.0. The molecule has 0 spiro atoms. The van der Waals surface area contributed by atoms with Crippen LogP contribution in [0.25, 0.3) is 17.2 Å². The molecule has 0 unspecified atom stereocenters. The molecule has 11 heteroatoms. The van der Waals surface area contributed by atoms with Crippen molar-refractivity contribution in [2.24, 2.45) is 0 Å². The minimum Gasteiger partial charge on any atom is -0.480 e. The van der Waals surface area contributed by atoms with Gasteiger partial charge >= 0.3 is 0 Å². The highest BCUT2D eigenvalue weighted by molar-refractivity contribution is 9.09. The zero-order valence-electron chi connectivity index (χ0n) is 15.1. The largest absolute Gasteiger partial charge is 0.480 e. The van der Waals surface area contributed by atoms with Gasteiger partial charge in [0, 0.05) is 17.8 Å². The van der Waals surface area contributed by atoms with E-state index in [1.165, 1.54) is 11.3 Å². The minimum atomic E-state index is 0. The van der Waals surface area contributed by atoms with E-state index in [1.54, 1.807) is 6.20 Å². The van der Waals surface area contributed by atoms with Crippen molar-refractivity contribution >= 4 is 76.8 Å². The Morgan fingerprint density at radius 2 is 1.83 bits per heavy atom. The van der Waals surface area contributed by atoms with Crippen LogP contribution < -0.4 is 14.8 Å². The second kappa shape index (κ2) is 9.88. The molecule has 152 valence electrons. The van der Waals surface area contributed by atoms with Crippen molar-refractivity contribution in [2.45, 2.75) is 6.92 Å². The first-order valence-corrected chi connectivity index (χ1v) is 11.4. The summed E-state index contributed by atoms with van der Waals surface area (Å²) in [5.41, 5.74) is 4.09. The van der Waals surface area contributed by atoms with Gasteiger partial charge in [0.1, 0.15) is 33.9 Å². The van der Waals surface area contributed by atoms with Crippen LogP contribution in [0, 0.1) is 6.92 Å². The SMILES string of the molecule is Br.Cc1nc2ncccn2c1-c1csc(Nc2c(OCBr)cccc2OCBr)n1. The van der Waals surface area contributed by atoms with E-state index in [1.807, 2.05) is 47.2 Å². The highest BCUT2D eigenvalue weighted by Gasteiger charge is 2.17. The molecule has 0 atom stereocenters. The van der Waals surface area contributed by atoms with Gasteiger partial charge in [0.05, 0.1) is 11.4 Å². The number of hydrogen-bond donors (Lipinski definition) is 1. The fraction of sp³-hybridized carbons (Fsp3) is 0.167. The lowest BCUT2D eigenvalue weighted by Crippen LogP contribution is -2.00. The Morgan fingerprint density at radius 3 is 2.52 bits per heavy atom. The second-order valence-corrected chi connectivity index (χ2v) is 7.41. The van der Waals surface area contributed by atoms with Crippen molar-refractivity contribution in [1.82, 2.24) is 19.4 Å². The van der Waals surface area contributed by atoms with E-state index in [-0.39, 0.29) is 17.0 Å². The molecule has 0 aliphatic carbocycles. The van der Waals surface area contributed by atoms with Crippen molar-refractivity contribution in [3.63, 3.8) is 0 Å². The number of ether oxygens (including phenoxy) is 2. The molecular weight excluding hydrogens is 590 g/mol. The van der Waals surface area contributed by atoms with E-state index in [2.05, 4.69) is 47.1 Å². The van der Waals surface area contributed by atoms with Crippen LogP contribution in [0.15, 0.2) is 42.0 Å². The van der Waals surface area contributed by atoms with Gasteiger partial charge < -0.3 is 14.8 Å². The normalized spacial score (nSPS) is 10.6. The number of alkyl halides is 2. The zero-order chi connectivity index (χ0) is 19.5. The average molecular weight is 606 g/mol. The Morgan fingerprint density at radius 1 is 1.10 bits per heavy atom. The Kier molecular flexibility index (Phi) is 7.49. The number of aryl methyl sites for hydroxylation is 1. The number of fused-ring (bicyclic) bond motifs is 1. The lowest BCUT2D eigenvalue weighted by molar-refractivity contribution is 0.382. The predicted molar refractivity (Wildman–Crippen MR) is 128 cm³/mol. The highest BCUT2D eigenvalue weighted by Crippen LogP contribution is 2.39. The summed E-state index contributed by atoms with van der Waals surface area (Å²) in [6, 6.07) is 7.50. The maximum absolute atomic E-state index is 5.67. The van der Waals surface area contributed by atoms with E-state index in [4.69, 9.17) is 14.5 Å². The van der Waals surface area contributed by atoms with Crippen LogP contribution >= 0.6 is 60.2 Å². The Bertz CT molecular complexity index is 1090. The molecule has 3 aromatic heterocycles. The van der Waals surface area contributed by atoms with Gasteiger partial charge in [-0.2, -0.15) is 0 Å². The quantitative estimate of drug-likeness (QED) is 0.263. The average Bonchev–Trinajstić information content (AvgIpc) is 3.27. The van der Waals surface area contributed by atoms with Gasteiger partial charge in [-0.3, -0.25) is 4.40 Å². The number of anilines is 2. The van der Waals surface area contributed by atoms with Crippen LogP contribution in [0.4, 0.5) is 10.8 Å². The number of thiazole rings is 1. The number of rotatable bonds is 7. The molecule has 0 fully saturated rings. The van der Waals surface area contributed by atoms with Crippen LogP contribution in [0.3, 0.4) is 0 Å². The third kappa shape index (κ3) is 4.57. The number of halogens is 3. The van der Waals surface area contributed by atoms with Crippen LogP contribution in [-0.4, -0.2) is 30.4 Å². The molecule has 0 saturated heterocycles. The van der Waals surface area contributed by atoms with E-state index in [9.17, 15) is 0 Å². The Labute approximate surface area is 198 Å². The smallest absolute Gasteiger partial charge is 0.234 e. The maximum atomic E-state index is 5.67. The summed E-state index contributed by atoms with van der Waals surface area (Å²) in [7, 11) is 0. The van der Waals surface area contributed by atoms with E-state index >= 15 is 0 Å². The van der Waals surface area contributed by atoms with E-state index in [0.717, 1.165) is 27.9 Å². The third-order valence-electron chi connectivity index (χ3n) is 3.96. The molecule has 0 saturated carbocycles. The van der Waals surface area contributed by atoms with Crippen LogP contribution in [0.2, 0.25) is 0 Å². The van der Waals surface area contributed by atoms with Crippen molar-refractivity contribution in [3.8, 4) is 22.9 Å². The van der Waals surface area contributed by atoms with Crippen LogP contribution in [0.1, 0.15) is 5.69 Å². The molecule has 4 aromatic rings. The molecule has 0 bridgehead atoms. The number of aromatic nitrogens is 4. The first-order valence-electron chi connectivity index (χ1n) is 8.24. The van der Waals surface area contributed by atoms with Gasteiger partial charge in [0.25, 0.3) is 0 Å². The van der Waals surface area contributed by atoms with Gasteiger partial charge in [-0.1, -0.05) is 6.07 Å². The highest BCUT2D eigenvalue weighted by atomic mass is 79.9. The summed E-state index contributed by atoms with van der Waals surface area (Å²) < 4.78 is 13.3. The van der Waals surface area contributed by atoms with Crippen molar-refractivity contribution in [2.75, 3.05) is 16.3 Å². The molecular formula is C18H16Br3N5O2S. The third-order valence-corrected chi connectivity index (χ3v) is 5.18. The molecule has 0 aliphatic rings. The first-order chi connectivity index (χ1) is 13.7. The summed E-state index contributed by atoms with van der Waals surface area (Å²) in [5, 5.41) is 6.04. The summed E-state index contributed by atoms with van der Waals surface area (Å²) in [6.07, 6.45) is 3.66. The number of para-hydroxylation sites is 1. The molecule has 1 aromatic carbocycles. The fourth-order valence-corrected chi connectivity index (χ4v) is 4.04. The molecule has 7 nitrogen and oxygen atoms in total. The monoisotopic (exact) mass is 603 g/mol. The topological polar surface area (TPSA) is 73.6 Å². The summed E-state index contributed by atoms with van der Waals surface area (Å²) >= 11 is 8.10. The van der Waals surface area contributed by atoms with Crippen LogP contribution in [0.5, 0.6) is 11.5 Å². The lowest BCUT2D eigenvalue weighted by Gasteiger charge is -2.14. The number of hydrogen-bond acceptors (Lipinski definition) is 7. The van der Waals surface area contributed by atoms with Crippen molar-refractivity contribution in [1.29, 1.82) is 0 Å². The van der Waals surface area contributed by atoms with Gasteiger partial charge in [-0.15, -0.1) is 28.3 Å². The molecule has 0 amide bonds. The minimum absolute atomic E-state index is 0. The molecule has 1 N–H and O–H groups in total. The number of nitrogens with zero attached hydrogens (tertiary/aromatic N) is 4. The predicted octanol–water partition coefficient (Wildman–Crippen LogP) is 5.95. The number of benzene rings is 1. The van der Waals surface area contributed by atoms with Crippen molar-refractivity contribution in [3.05, 3.63) is 47.7 Å². The summed E-state index contributed by atoms with van der Waals surface area (Å²) in [5.74, 6) is 1.99. The van der Waals surface area contributed by atoms with Gasteiger partial charge in [0.2, 0.25) is 5.78 Å². The Balaban J connectivity index is 0.00000240. The second-order valence-electron chi connectivity index (χ2n) is 5.63. The van der Waals surface area contributed by atoms with Gasteiger partial charge in [-0.05, 0) is 57.0 Å². The summed E-state index contributed by atoms with van der Waals surface area (Å²) in [4.78, 5) is 13.5. The van der Waals surface area contributed by atoms with E-state index < -0.39 is 0 Å². The lowest BCUT2D eigenvalue weighted by atomic mass is 10.2. The molecule has 0 aliphatic heterocycles. The molecule has 4 rings (SSSR count). The molecule has 0 radical (unpaired) electrons. The maximum Gasteiger partial charge on any atom is 0.234 e. The standard InChI is InChI=1S/C18H15Br2N5O2S.BrH/c1-11-16(25-7-3-6-21-17(25)22-11)12-8-28-18(23-12)24-15-13(26-9-19)4-2-5-14(15)27-10-20;/h2-8H,9-10H2,1H3,(H,23,24);1H. The van der Waals surface area contributed by atoms with Crippen molar-refractivity contribution < 1.29 is 9.47 Å². The number of nitrogens with one attached hydrogen (secondary N) is 1. The fourth-order valence-electron chi connectivity index (χ4n) is 2.85. The van der Waals surface area contributed by atoms with Gasteiger partial charge in [-0.25, -0.2) is 15.0 Å². The molecule has 3 heterocycles. The van der Waals surface area contributed by atoms with Crippen LogP contribution in [-0.2, 0) is 0 Å².